The molecule has 2 heterocycles. The summed E-state index contributed by atoms with van der Waals surface area (Å²) < 4.78 is 1.89. The topological polar surface area (TPSA) is 29.9 Å². The van der Waals surface area contributed by atoms with Crippen LogP contribution < -0.4 is 5.32 Å². The van der Waals surface area contributed by atoms with E-state index in [-0.39, 0.29) is 0 Å². The SMILES string of the molecule is CCNC(Cc1cnn(C)c1)C1CCSC1. The molecule has 1 aliphatic heterocycles. The summed E-state index contributed by atoms with van der Waals surface area (Å²) in [7, 11) is 1.98. The third-order valence-corrected chi connectivity index (χ3v) is 4.40. The Hall–Kier alpha value is -0.480. The van der Waals surface area contributed by atoms with Crippen molar-refractivity contribution in [2.75, 3.05) is 18.1 Å². The summed E-state index contributed by atoms with van der Waals surface area (Å²) in [6, 6.07) is 0.629. The van der Waals surface area contributed by atoms with Crippen LogP contribution in [-0.4, -0.2) is 33.9 Å². The molecule has 3 nitrogen and oxygen atoms in total. The van der Waals surface area contributed by atoms with Crippen LogP contribution in [0.5, 0.6) is 0 Å². The lowest BCUT2D eigenvalue weighted by Gasteiger charge is -2.23. The summed E-state index contributed by atoms with van der Waals surface area (Å²) in [5.74, 6) is 3.49. The molecule has 4 heteroatoms. The van der Waals surface area contributed by atoms with E-state index >= 15 is 0 Å². The Bertz CT molecular complexity index is 318. The number of nitrogens with zero attached hydrogens (tertiary/aromatic N) is 2. The van der Waals surface area contributed by atoms with Crippen molar-refractivity contribution in [3.05, 3.63) is 18.0 Å². The van der Waals surface area contributed by atoms with Crippen LogP contribution in [0, 0.1) is 5.92 Å². The molecule has 90 valence electrons. The van der Waals surface area contributed by atoms with Gasteiger partial charge in [-0.3, -0.25) is 4.68 Å². The van der Waals surface area contributed by atoms with Gasteiger partial charge in [0.2, 0.25) is 0 Å². The van der Waals surface area contributed by atoms with Gasteiger partial charge in [-0.15, -0.1) is 0 Å². The van der Waals surface area contributed by atoms with E-state index in [2.05, 4.69) is 35.3 Å². The molecule has 2 unspecified atom stereocenters. The second-order valence-corrected chi connectivity index (χ2v) is 5.66. The Labute approximate surface area is 102 Å². The Morgan fingerprint density at radius 1 is 1.69 bits per heavy atom. The number of thioether (sulfide) groups is 1. The van der Waals surface area contributed by atoms with Gasteiger partial charge < -0.3 is 5.32 Å². The minimum atomic E-state index is 0.629. The lowest BCUT2D eigenvalue weighted by atomic mass is 9.94. The summed E-state index contributed by atoms with van der Waals surface area (Å²) >= 11 is 2.09. The molecule has 16 heavy (non-hydrogen) atoms. The normalized spacial score (nSPS) is 22.5. The minimum absolute atomic E-state index is 0.629. The third kappa shape index (κ3) is 3.01. The molecule has 0 bridgehead atoms. The predicted molar refractivity (Wildman–Crippen MR) is 69.8 cm³/mol. The van der Waals surface area contributed by atoms with Crippen molar-refractivity contribution in [2.24, 2.45) is 13.0 Å². The van der Waals surface area contributed by atoms with E-state index in [1.54, 1.807) is 0 Å². The number of aromatic nitrogens is 2. The highest BCUT2D eigenvalue weighted by atomic mass is 32.2. The van der Waals surface area contributed by atoms with Gasteiger partial charge in [0, 0.05) is 19.3 Å². The Kier molecular flexibility index (Phi) is 4.29. The highest BCUT2D eigenvalue weighted by Crippen LogP contribution is 2.27. The van der Waals surface area contributed by atoms with Crippen molar-refractivity contribution in [1.82, 2.24) is 15.1 Å². The summed E-state index contributed by atoms with van der Waals surface area (Å²) in [4.78, 5) is 0. The Morgan fingerprint density at radius 2 is 2.56 bits per heavy atom. The average molecular weight is 239 g/mol. The van der Waals surface area contributed by atoms with Crippen molar-refractivity contribution in [3.63, 3.8) is 0 Å². The van der Waals surface area contributed by atoms with Gasteiger partial charge in [-0.25, -0.2) is 0 Å². The van der Waals surface area contributed by atoms with Crippen LogP contribution in [0.25, 0.3) is 0 Å². The Morgan fingerprint density at radius 3 is 3.12 bits per heavy atom. The maximum Gasteiger partial charge on any atom is 0.0522 e. The second-order valence-electron chi connectivity index (χ2n) is 4.51. The zero-order valence-electron chi connectivity index (χ0n) is 10.1. The Balaban J connectivity index is 1.96. The van der Waals surface area contributed by atoms with Gasteiger partial charge in [-0.2, -0.15) is 16.9 Å². The van der Waals surface area contributed by atoms with Crippen LogP contribution in [0.1, 0.15) is 18.9 Å². The first-order valence-electron chi connectivity index (χ1n) is 6.08. The molecule has 2 atom stereocenters. The number of likely N-dealkylation sites (N-methyl/N-ethyl adjacent to an activating group) is 1. The highest BCUT2D eigenvalue weighted by molar-refractivity contribution is 7.99. The summed E-state index contributed by atoms with van der Waals surface area (Å²) in [5, 5.41) is 7.87. The van der Waals surface area contributed by atoms with E-state index in [1.165, 1.54) is 23.5 Å². The van der Waals surface area contributed by atoms with Crippen molar-refractivity contribution in [1.29, 1.82) is 0 Å². The van der Waals surface area contributed by atoms with Crippen molar-refractivity contribution in [2.45, 2.75) is 25.8 Å². The molecule has 1 fully saturated rings. The lowest BCUT2D eigenvalue weighted by molar-refractivity contribution is 0.387. The lowest BCUT2D eigenvalue weighted by Crippen LogP contribution is -2.38. The molecule has 1 aromatic heterocycles. The molecule has 1 N–H and O–H groups in total. The first-order valence-corrected chi connectivity index (χ1v) is 7.23. The van der Waals surface area contributed by atoms with Gasteiger partial charge >= 0.3 is 0 Å². The van der Waals surface area contributed by atoms with Gasteiger partial charge in [0.15, 0.2) is 0 Å². The van der Waals surface area contributed by atoms with E-state index in [0.29, 0.717) is 6.04 Å². The fourth-order valence-corrected chi connectivity index (χ4v) is 3.71. The number of rotatable bonds is 5. The largest absolute Gasteiger partial charge is 0.314 e. The summed E-state index contributed by atoms with van der Waals surface area (Å²) in [6.07, 6.45) is 6.61. The van der Waals surface area contributed by atoms with Gasteiger partial charge in [-0.05, 0) is 42.4 Å². The van der Waals surface area contributed by atoms with E-state index in [4.69, 9.17) is 0 Å². The molecular weight excluding hydrogens is 218 g/mol. The number of nitrogens with one attached hydrogen (secondary N) is 1. The second kappa shape index (κ2) is 5.73. The summed E-state index contributed by atoms with van der Waals surface area (Å²) in [6.45, 7) is 3.25. The molecule has 0 spiro atoms. The van der Waals surface area contributed by atoms with Crippen LogP contribution >= 0.6 is 11.8 Å². The number of aryl methyl sites for hydroxylation is 1. The van der Waals surface area contributed by atoms with Crippen LogP contribution in [-0.2, 0) is 13.5 Å². The average Bonchev–Trinajstić information content (AvgIpc) is 2.88. The van der Waals surface area contributed by atoms with E-state index in [9.17, 15) is 0 Å². The maximum atomic E-state index is 4.24. The molecule has 0 saturated carbocycles. The highest BCUT2D eigenvalue weighted by Gasteiger charge is 2.25. The zero-order valence-corrected chi connectivity index (χ0v) is 11.0. The fourth-order valence-electron chi connectivity index (χ4n) is 2.37. The monoisotopic (exact) mass is 239 g/mol. The van der Waals surface area contributed by atoms with Crippen LogP contribution in [0.4, 0.5) is 0 Å². The van der Waals surface area contributed by atoms with Gasteiger partial charge in [0.05, 0.1) is 6.20 Å². The molecule has 1 aromatic rings. The molecular formula is C12H21N3S. The molecule has 0 radical (unpaired) electrons. The van der Waals surface area contributed by atoms with Crippen LogP contribution in [0.15, 0.2) is 12.4 Å². The standard InChI is InChI=1S/C12H21N3S/c1-3-13-12(11-4-5-16-9-11)6-10-7-14-15(2)8-10/h7-8,11-13H,3-6,9H2,1-2H3. The van der Waals surface area contributed by atoms with E-state index < -0.39 is 0 Å². The maximum absolute atomic E-state index is 4.24. The number of hydrogen-bond acceptors (Lipinski definition) is 3. The first kappa shape index (κ1) is 12.0. The van der Waals surface area contributed by atoms with E-state index in [0.717, 1.165) is 18.9 Å². The van der Waals surface area contributed by atoms with Gasteiger partial charge in [0.25, 0.3) is 0 Å². The third-order valence-electron chi connectivity index (χ3n) is 3.21. The predicted octanol–water partition coefficient (Wildman–Crippen LogP) is 1.69. The fraction of sp³-hybridized carbons (Fsp3) is 0.750. The number of hydrogen-bond donors (Lipinski definition) is 1. The minimum Gasteiger partial charge on any atom is -0.314 e. The van der Waals surface area contributed by atoms with Gasteiger partial charge in [0.1, 0.15) is 0 Å². The molecule has 1 aliphatic rings. The van der Waals surface area contributed by atoms with Crippen LogP contribution in [0.3, 0.4) is 0 Å². The van der Waals surface area contributed by atoms with E-state index in [1.807, 2.05) is 17.9 Å². The smallest absolute Gasteiger partial charge is 0.0522 e. The first-order chi connectivity index (χ1) is 7.79. The molecule has 0 aromatic carbocycles. The summed E-state index contributed by atoms with van der Waals surface area (Å²) in [5.41, 5.74) is 1.35. The zero-order chi connectivity index (χ0) is 11.4. The van der Waals surface area contributed by atoms with Crippen LogP contribution in [0.2, 0.25) is 0 Å². The quantitative estimate of drug-likeness (QED) is 0.848. The van der Waals surface area contributed by atoms with Gasteiger partial charge in [-0.1, -0.05) is 6.92 Å². The molecule has 2 rings (SSSR count). The van der Waals surface area contributed by atoms with Crippen molar-refractivity contribution < 1.29 is 0 Å². The van der Waals surface area contributed by atoms with Crippen molar-refractivity contribution >= 4 is 11.8 Å². The molecule has 0 aliphatic carbocycles. The molecule has 1 saturated heterocycles. The van der Waals surface area contributed by atoms with Crippen molar-refractivity contribution in [3.8, 4) is 0 Å². The molecule has 0 amide bonds.